The number of hydrogen-bond donors (Lipinski definition) is 2. The maximum absolute atomic E-state index is 13.0. The smallest absolute Gasteiger partial charge is 0.263 e. The van der Waals surface area contributed by atoms with E-state index in [1.54, 1.807) is 55.6 Å². The monoisotopic (exact) mass is 380 g/mol. The average Bonchev–Trinajstić information content (AvgIpc) is 3.23. The molecule has 27 heavy (non-hydrogen) atoms. The molecule has 0 saturated carbocycles. The number of amides is 1. The maximum Gasteiger partial charge on any atom is 0.263 e. The lowest BCUT2D eigenvalue weighted by Crippen LogP contribution is -2.46. The van der Waals surface area contributed by atoms with Gasteiger partial charge in [-0.25, -0.2) is 0 Å². The fraction of sp³-hybridized carbons (Fsp3) is 0.143. The molecule has 1 atom stereocenters. The van der Waals surface area contributed by atoms with Gasteiger partial charge >= 0.3 is 0 Å². The molecular formula is C21H20N2O3S. The quantitative estimate of drug-likeness (QED) is 0.478. The van der Waals surface area contributed by atoms with Crippen molar-refractivity contribution in [2.45, 2.75) is 13.1 Å². The molecule has 5 nitrogen and oxygen atoms in total. The first-order valence-corrected chi connectivity index (χ1v) is 9.30. The van der Waals surface area contributed by atoms with Crippen molar-refractivity contribution < 1.29 is 14.3 Å². The van der Waals surface area contributed by atoms with E-state index in [4.69, 9.17) is 4.74 Å². The second kappa shape index (κ2) is 8.51. The zero-order valence-electron chi connectivity index (χ0n) is 15.1. The highest BCUT2D eigenvalue weighted by molar-refractivity contribution is 7.12. The molecule has 2 aromatic carbocycles. The topological polar surface area (TPSA) is 67.4 Å². The van der Waals surface area contributed by atoms with Crippen LogP contribution in [0.25, 0.3) is 0 Å². The lowest BCUT2D eigenvalue weighted by molar-refractivity contribution is 0.0872. The number of aryl methyl sites for hydroxylation is 1. The minimum atomic E-state index is -0.893. The Labute approximate surface area is 162 Å². The van der Waals surface area contributed by atoms with Crippen LogP contribution in [0.4, 0.5) is 5.69 Å². The highest BCUT2D eigenvalue weighted by Crippen LogP contribution is 2.17. The second-order valence-corrected chi connectivity index (χ2v) is 6.93. The van der Waals surface area contributed by atoms with Gasteiger partial charge in [-0.15, -0.1) is 11.3 Å². The van der Waals surface area contributed by atoms with E-state index in [1.165, 1.54) is 11.3 Å². The molecule has 6 heteroatoms. The Hall–Kier alpha value is -3.12. The number of anilines is 1. The third-order valence-electron chi connectivity index (χ3n) is 4.02. The molecule has 138 valence electrons. The molecule has 0 fully saturated rings. The third-order valence-corrected chi connectivity index (χ3v) is 4.89. The van der Waals surface area contributed by atoms with Crippen molar-refractivity contribution in [2.75, 3.05) is 12.4 Å². The van der Waals surface area contributed by atoms with Gasteiger partial charge in [0.2, 0.25) is 5.78 Å². The van der Waals surface area contributed by atoms with Crippen LogP contribution in [-0.4, -0.2) is 25.0 Å². The third kappa shape index (κ3) is 4.74. The Morgan fingerprint density at radius 2 is 1.70 bits per heavy atom. The Morgan fingerprint density at radius 3 is 2.30 bits per heavy atom. The van der Waals surface area contributed by atoms with Crippen LogP contribution in [0.15, 0.2) is 66.0 Å². The van der Waals surface area contributed by atoms with E-state index < -0.39 is 6.17 Å². The van der Waals surface area contributed by atoms with Crippen LogP contribution < -0.4 is 15.4 Å². The van der Waals surface area contributed by atoms with Gasteiger partial charge in [0.25, 0.3) is 5.91 Å². The van der Waals surface area contributed by atoms with E-state index >= 15 is 0 Å². The number of carbonyl (C=O) groups excluding carboxylic acids is 2. The zero-order valence-corrected chi connectivity index (χ0v) is 15.9. The maximum atomic E-state index is 13.0. The van der Waals surface area contributed by atoms with Crippen molar-refractivity contribution in [1.29, 1.82) is 0 Å². The van der Waals surface area contributed by atoms with Gasteiger partial charge in [-0.1, -0.05) is 35.9 Å². The number of methoxy groups -OCH3 is 1. The number of Topliss-reactive ketones (excluding diaryl/α,β-unsaturated/α-hetero) is 1. The molecule has 1 aromatic heterocycles. The lowest BCUT2D eigenvalue weighted by atomic mass is 10.1. The normalized spacial score (nSPS) is 11.5. The van der Waals surface area contributed by atoms with Gasteiger partial charge in [0.15, 0.2) is 6.17 Å². The highest BCUT2D eigenvalue weighted by atomic mass is 32.1. The first-order chi connectivity index (χ1) is 13.1. The van der Waals surface area contributed by atoms with Crippen molar-refractivity contribution in [3.63, 3.8) is 0 Å². The van der Waals surface area contributed by atoms with E-state index in [0.29, 0.717) is 21.9 Å². The molecule has 0 bridgehead atoms. The standard InChI is InChI=1S/C21H20N2O3S/c1-14-5-7-15(8-6-14)19(24)20(23-21(25)18-4-3-13-27-18)22-16-9-11-17(26-2)12-10-16/h3-13,20,22H,1-2H3,(H,23,25). The fourth-order valence-corrected chi connectivity index (χ4v) is 3.14. The number of ketones is 1. The molecular weight excluding hydrogens is 360 g/mol. The summed E-state index contributed by atoms with van der Waals surface area (Å²) in [6, 6.07) is 18.0. The summed E-state index contributed by atoms with van der Waals surface area (Å²) in [4.78, 5) is 26.0. The minimum Gasteiger partial charge on any atom is -0.497 e. The summed E-state index contributed by atoms with van der Waals surface area (Å²) in [6.07, 6.45) is -0.893. The summed E-state index contributed by atoms with van der Waals surface area (Å²) in [5.41, 5.74) is 2.29. The van der Waals surface area contributed by atoms with Gasteiger partial charge in [-0.3, -0.25) is 9.59 Å². The Kier molecular flexibility index (Phi) is 5.88. The van der Waals surface area contributed by atoms with Crippen molar-refractivity contribution in [1.82, 2.24) is 5.32 Å². The van der Waals surface area contributed by atoms with Crippen LogP contribution in [0.1, 0.15) is 25.6 Å². The summed E-state index contributed by atoms with van der Waals surface area (Å²) < 4.78 is 5.15. The predicted octanol–water partition coefficient (Wildman–Crippen LogP) is 4.12. The summed E-state index contributed by atoms with van der Waals surface area (Å²) in [6.45, 7) is 1.96. The summed E-state index contributed by atoms with van der Waals surface area (Å²) in [5.74, 6) is 0.205. The molecule has 0 radical (unpaired) electrons. The van der Waals surface area contributed by atoms with Crippen molar-refractivity contribution in [3.8, 4) is 5.75 Å². The van der Waals surface area contributed by atoms with Crippen LogP contribution in [0.3, 0.4) is 0 Å². The SMILES string of the molecule is COc1ccc(NC(NC(=O)c2cccs2)C(=O)c2ccc(C)cc2)cc1. The van der Waals surface area contributed by atoms with E-state index in [2.05, 4.69) is 10.6 Å². The average molecular weight is 380 g/mol. The van der Waals surface area contributed by atoms with Crippen molar-refractivity contribution >= 4 is 28.7 Å². The molecule has 1 amide bonds. The van der Waals surface area contributed by atoms with Crippen molar-refractivity contribution in [3.05, 3.63) is 82.0 Å². The Bertz CT molecular complexity index is 904. The number of ether oxygens (including phenoxy) is 1. The molecule has 0 aliphatic heterocycles. The van der Waals surface area contributed by atoms with Gasteiger partial charge in [-0.05, 0) is 42.6 Å². The molecule has 0 aliphatic rings. The first-order valence-electron chi connectivity index (χ1n) is 8.42. The Balaban J connectivity index is 1.83. The lowest BCUT2D eigenvalue weighted by Gasteiger charge is -2.20. The summed E-state index contributed by atoms with van der Waals surface area (Å²) in [5, 5.41) is 7.71. The zero-order chi connectivity index (χ0) is 19.2. The van der Waals surface area contributed by atoms with E-state index in [0.717, 1.165) is 5.56 Å². The largest absolute Gasteiger partial charge is 0.497 e. The number of hydrogen-bond acceptors (Lipinski definition) is 5. The molecule has 2 N–H and O–H groups in total. The van der Waals surface area contributed by atoms with E-state index in [1.807, 2.05) is 24.4 Å². The predicted molar refractivity (Wildman–Crippen MR) is 108 cm³/mol. The second-order valence-electron chi connectivity index (χ2n) is 5.99. The molecule has 3 aromatic rings. The van der Waals surface area contributed by atoms with Gasteiger partial charge in [-0.2, -0.15) is 0 Å². The number of benzene rings is 2. The van der Waals surface area contributed by atoms with E-state index in [-0.39, 0.29) is 11.7 Å². The van der Waals surface area contributed by atoms with E-state index in [9.17, 15) is 9.59 Å². The molecule has 1 unspecified atom stereocenters. The van der Waals surface area contributed by atoms with Gasteiger partial charge < -0.3 is 15.4 Å². The highest BCUT2D eigenvalue weighted by Gasteiger charge is 2.23. The Morgan fingerprint density at radius 1 is 1.00 bits per heavy atom. The first kappa shape index (κ1) is 18.7. The number of rotatable bonds is 7. The summed E-state index contributed by atoms with van der Waals surface area (Å²) >= 11 is 1.33. The van der Waals surface area contributed by atoms with Gasteiger partial charge in [0.1, 0.15) is 5.75 Å². The van der Waals surface area contributed by atoms with Gasteiger partial charge in [0, 0.05) is 11.3 Å². The number of nitrogens with one attached hydrogen (secondary N) is 2. The van der Waals surface area contributed by atoms with Crippen LogP contribution in [0, 0.1) is 6.92 Å². The molecule has 0 saturated heterocycles. The minimum absolute atomic E-state index is 0.212. The van der Waals surface area contributed by atoms with Crippen LogP contribution in [0.5, 0.6) is 5.75 Å². The fourth-order valence-electron chi connectivity index (χ4n) is 2.52. The number of carbonyl (C=O) groups is 2. The van der Waals surface area contributed by atoms with Crippen LogP contribution in [-0.2, 0) is 0 Å². The van der Waals surface area contributed by atoms with Crippen LogP contribution in [0.2, 0.25) is 0 Å². The number of thiophene rings is 1. The van der Waals surface area contributed by atoms with Crippen molar-refractivity contribution in [2.24, 2.45) is 0 Å². The molecule has 0 aliphatic carbocycles. The van der Waals surface area contributed by atoms with Gasteiger partial charge in [0.05, 0.1) is 12.0 Å². The van der Waals surface area contributed by atoms with Crippen LogP contribution >= 0.6 is 11.3 Å². The molecule has 3 rings (SSSR count). The summed E-state index contributed by atoms with van der Waals surface area (Å²) in [7, 11) is 1.59. The molecule has 1 heterocycles. The molecule has 0 spiro atoms.